The van der Waals surface area contributed by atoms with Crippen LogP contribution in [0.2, 0.25) is 0 Å². The van der Waals surface area contributed by atoms with Crippen LogP contribution in [0.4, 0.5) is 4.39 Å². The molecule has 1 amide bonds. The smallest absolute Gasteiger partial charge is 0.277 e. The van der Waals surface area contributed by atoms with Crippen LogP contribution in [0.1, 0.15) is 5.56 Å². The standard InChI is InChI=1S/C15H12BrFN2O2/c16-12-3-7-14(8-4-12)21-10-15(20)19-18-9-11-1-5-13(17)6-2-11/h1-9H,10H2,(H,19,20)/b18-9-. The summed E-state index contributed by atoms with van der Waals surface area (Å²) in [5, 5.41) is 3.76. The van der Waals surface area contributed by atoms with E-state index in [0.717, 1.165) is 4.47 Å². The lowest BCUT2D eigenvalue weighted by Crippen LogP contribution is -2.24. The summed E-state index contributed by atoms with van der Waals surface area (Å²) in [5.74, 6) is -0.105. The van der Waals surface area contributed by atoms with Gasteiger partial charge in [-0.15, -0.1) is 0 Å². The summed E-state index contributed by atoms with van der Waals surface area (Å²) in [6, 6.07) is 12.9. The normalized spacial score (nSPS) is 10.6. The van der Waals surface area contributed by atoms with Gasteiger partial charge in [-0.25, -0.2) is 9.82 Å². The van der Waals surface area contributed by atoms with Gasteiger partial charge >= 0.3 is 0 Å². The highest BCUT2D eigenvalue weighted by Crippen LogP contribution is 2.15. The molecule has 0 fully saturated rings. The molecule has 21 heavy (non-hydrogen) atoms. The molecule has 0 aliphatic heterocycles. The number of nitrogens with one attached hydrogen (secondary N) is 1. The topological polar surface area (TPSA) is 50.7 Å². The van der Waals surface area contributed by atoms with Crippen LogP contribution in [0.25, 0.3) is 0 Å². The van der Waals surface area contributed by atoms with Crippen molar-refractivity contribution in [2.45, 2.75) is 0 Å². The zero-order valence-electron chi connectivity index (χ0n) is 10.9. The number of halogens is 2. The van der Waals surface area contributed by atoms with Crippen molar-refractivity contribution < 1.29 is 13.9 Å². The SMILES string of the molecule is O=C(COc1ccc(Br)cc1)N/N=C\c1ccc(F)cc1. The van der Waals surface area contributed by atoms with Crippen molar-refractivity contribution in [2.24, 2.45) is 5.10 Å². The Kier molecular flexibility index (Phi) is 5.45. The van der Waals surface area contributed by atoms with Crippen molar-refractivity contribution in [1.29, 1.82) is 0 Å². The van der Waals surface area contributed by atoms with Gasteiger partial charge in [0.05, 0.1) is 6.21 Å². The molecule has 2 aromatic rings. The van der Waals surface area contributed by atoms with Gasteiger partial charge in [-0.2, -0.15) is 5.10 Å². The van der Waals surface area contributed by atoms with Crippen LogP contribution >= 0.6 is 15.9 Å². The van der Waals surface area contributed by atoms with Gasteiger partial charge in [0.1, 0.15) is 11.6 Å². The van der Waals surface area contributed by atoms with Crippen LogP contribution in [-0.4, -0.2) is 18.7 Å². The zero-order valence-corrected chi connectivity index (χ0v) is 12.5. The third-order valence-corrected chi connectivity index (χ3v) is 2.99. The predicted octanol–water partition coefficient (Wildman–Crippen LogP) is 3.12. The highest BCUT2D eigenvalue weighted by molar-refractivity contribution is 9.10. The monoisotopic (exact) mass is 350 g/mol. The maximum atomic E-state index is 12.7. The van der Waals surface area contributed by atoms with Gasteiger partial charge in [0.25, 0.3) is 5.91 Å². The summed E-state index contributed by atoms with van der Waals surface area (Å²) < 4.78 is 18.9. The van der Waals surface area contributed by atoms with Gasteiger partial charge in [0.15, 0.2) is 6.61 Å². The van der Waals surface area contributed by atoms with E-state index < -0.39 is 0 Å². The molecule has 0 aliphatic rings. The largest absolute Gasteiger partial charge is 0.484 e. The summed E-state index contributed by atoms with van der Waals surface area (Å²) in [7, 11) is 0. The summed E-state index contributed by atoms with van der Waals surface area (Å²) in [6.45, 7) is -0.137. The Balaban J connectivity index is 1.77. The molecule has 0 radical (unpaired) electrons. The number of nitrogens with zero attached hydrogens (tertiary/aromatic N) is 1. The number of carbonyl (C=O) groups is 1. The highest BCUT2D eigenvalue weighted by atomic mass is 79.9. The number of carbonyl (C=O) groups excluding carboxylic acids is 1. The zero-order chi connectivity index (χ0) is 15.1. The average Bonchev–Trinajstić information content (AvgIpc) is 2.49. The summed E-state index contributed by atoms with van der Waals surface area (Å²) in [6.07, 6.45) is 1.43. The van der Waals surface area contributed by atoms with E-state index in [1.165, 1.54) is 18.3 Å². The van der Waals surface area contributed by atoms with Crippen LogP contribution in [0.3, 0.4) is 0 Å². The number of hydrogen-bond donors (Lipinski definition) is 1. The van der Waals surface area contributed by atoms with E-state index in [1.54, 1.807) is 24.3 Å². The number of benzene rings is 2. The van der Waals surface area contributed by atoms with E-state index in [4.69, 9.17) is 4.74 Å². The van der Waals surface area contributed by atoms with Crippen LogP contribution in [0.15, 0.2) is 58.1 Å². The van der Waals surface area contributed by atoms with Crippen LogP contribution in [0, 0.1) is 5.82 Å². The van der Waals surface area contributed by atoms with Crippen molar-refractivity contribution in [3.63, 3.8) is 0 Å². The first-order valence-electron chi connectivity index (χ1n) is 6.09. The predicted molar refractivity (Wildman–Crippen MR) is 81.8 cm³/mol. The molecule has 0 aromatic heterocycles. The molecule has 4 nitrogen and oxygen atoms in total. The molecular weight excluding hydrogens is 339 g/mol. The van der Waals surface area contributed by atoms with Crippen molar-refractivity contribution in [3.05, 3.63) is 64.4 Å². The molecule has 6 heteroatoms. The Bertz CT molecular complexity index is 627. The molecule has 108 valence electrons. The maximum Gasteiger partial charge on any atom is 0.277 e. The Morgan fingerprint density at radius 3 is 2.52 bits per heavy atom. The summed E-state index contributed by atoms with van der Waals surface area (Å²) in [5.41, 5.74) is 3.02. The Labute approximate surface area is 129 Å². The third-order valence-electron chi connectivity index (χ3n) is 2.46. The first-order valence-corrected chi connectivity index (χ1v) is 6.88. The molecule has 0 heterocycles. The van der Waals surface area contributed by atoms with E-state index in [-0.39, 0.29) is 18.3 Å². The molecule has 2 rings (SSSR count). The molecule has 0 atom stereocenters. The lowest BCUT2D eigenvalue weighted by molar-refractivity contribution is -0.123. The van der Waals surface area contributed by atoms with Crippen LogP contribution < -0.4 is 10.2 Å². The number of rotatable bonds is 5. The van der Waals surface area contributed by atoms with Crippen LogP contribution in [0.5, 0.6) is 5.75 Å². The van der Waals surface area contributed by atoms with Gasteiger partial charge in [0, 0.05) is 4.47 Å². The second-order valence-electron chi connectivity index (χ2n) is 4.09. The van der Waals surface area contributed by atoms with Gasteiger partial charge in [-0.1, -0.05) is 28.1 Å². The minimum absolute atomic E-state index is 0.137. The lowest BCUT2D eigenvalue weighted by atomic mass is 10.2. The second kappa shape index (κ2) is 7.54. The first kappa shape index (κ1) is 15.2. The Hall–Kier alpha value is -2.21. The molecule has 2 aromatic carbocycles. The van der Waals surface area contributed by atoms with E-state index >= 15 is 0 Å². The van der Waals surface area contributed by atoms with Gasteiger partial charge in [-0.05, 0) is 42.0 Å². The molecule has 1 N–H and O–H groups in total. The van der Waals surface area contributed by atoms with Crippen LogP contribution in [-0.2, 0) is 4.79 Å². The summed E-state index contributed by atoms with van der Waals surface area (Å²) in [4.78, 5) is 11.5. The van der Waals surface area contributed by atoms with E-state index in [2.05, 4.69) is 26.5 Å². The molecule has 0 saturated heterocycles. The van der Waals surface area contributed by atoms with E-state index in [0.29, 0.717) is 11.3 Å². The molecule has 0 unspecified atom stereocenters. The molecule has 0 aliphatic carbocycles. The Morgan fingerprint density at radius 2 is 1.86 bits per heavy atom. The molecule has 0 bridgehead atoms. The molecule has 0 spiro atoms. The number of amides is 1. The van der Waals surface area contributed by atoms with Crippen molar-refractivity contribution in [2.75, 3.05) is 6.61 Å². The molecular formula is C15H12BrFN2O2. The quantitative estimate of drug-likeness (QED) is 0.665. The number of ether oxygens (including phenoxy) is 1. The van der Waals surface area contributed by atoms with Crippen molar-refractivity contribution in [3.8, 4) is 5.75 Å². The van der Waals surface area contributed by atoms with E-state index in [1.807, 2.05) is 12.1 Å². The minimum atomic E-state index is -0.378. The highest BCUT2D eigenvalue weighted by Gasteiger charge is 2.01. The minimum Gasteiger partial charge on any atom is -0.484 e. The van der Waals surface area contributed by atoms with Crippen molar-refractivity contribution >= 4 is 28.1 Å². The fourth-order valence-electron chi connectivity index (χ4n) is 1.44. The number of hydrogen-bond acceptors (Lipinski definition) is 3. The second-order valence-corrected chi connectivity index (χ2v) is 5.00. The molecule has 0 saturated carbocycles. The fourth-order valence-corrected chi connectivity index (χ4v) is 1.70. The van der Waals surface area contributed by atoms with E-state index in [9.17, 15) is 9.18 Å². The summed E-state index contributed by atoms with van der Waals surface area (Å²) >= 11 is 3.31. The maximum absolute atomic E-state index is 12.7. The fraction of sp³-hybridized carbons (Fsp3) is 0.0667. The third kappa shape index (κ3) is 5.35. The van der Waals surface area contributed by atoms with Crippen molar-refractivity contribution in [1.82, 2.24) is 5.43 Å². The average molecular weight is 351 g/mol. The van der Waals surface area contributed by atoms with Gasteiger partial charge in [-0.3, -0.25) is 4.79 Å². The first-order chi connectivity index (χ1) is 10.1. The lowest BCUT2D eigenvalue weighted by Gasteiger charge is -2.04. The number of hydrazone groups is 1. The van der Waals surface area contributed by atoms with Gasteiger partial charge in [0.2, 0.25) is 0 Å². The van der Waals surface area contributed by atoms with Gasteiger partial charge < -0.3 is 4.74 Å². The Morgan fingerprint density at radius 1 is 1.19 bits per heavy atom.